The molecule has 0 spiro atoms. The first-order valence-corrected chi connectivity index (χ1v) is 4.47. The predicted molar refractivity (Wildman–Crippen MR) is 54.0 cm³/mol. The van der Waals surface area contributed by atoms with Crippen molar-refractivity contribution in [2.24, 2.45) is 0 Å². The van der Waals surface area contributed by atoms with Crippen LogP contribution in [0, 0.1) is 12.3 Å². The summed E-state index contributed by atoms with van der Waals surface area (Å²) in [6.45, 7) is 0.595. The van der Waals surface area contributed by atoms with Crippen LogP contribution >= 0.6 is 0 Å². The maximum atomic E-state index is 11.2. The van der Waals surface area contributed by atoms with E-state index in [2.05, 4.69) is 10.9 Å². The molecule has 0 radical (unpaired) electrons. The van der Waals surface area contributed by atoms with Gasteiger partial charge in [-0.25, -0.2) is 4.79 Å². The van der Waals surface area contributed by atoms with Crippen molar-refractivity contribution in [2.45, 2.75) is 25.8 Å². The summed E-state index contributed by atoms with van der Waals surface area (Å²) in [6.07, 6.45) is 9.04. The Labute approximate surface area is 81.6 Å². The number of nitrogens with zero attached hydrogens (tertiary/aromatic N) is 1. The van der Waals surface area contributed by atoms with Crippen LogP contribution < -0.4 is 11.2 Å². The molecule has 14 heavy (non-hydrogen) atoms. The van der Waals surface area contributed by atoms with Crippen molar-refractivity contribution >= 4 is 0 Å². The van der Waals surface area contributed by atoms with E-state index in [4.69, 9.17) is 6.42 Å². The summed E-state index contributed by atoms with van der Waals surface area (Å²) in [5, 5.41) is 0. The van der Waals surface area contributed by atoms with Crippen LogP contribution in [0.5, 0.6) is 0 Å². The Morgan fingerprint density at radius 1 is 1.43 bits per heavy atom. The highest BCUT2D eigenvalue weighted by molar-refractivity contribution is 4.84. The summed E-state index contributed by atoms with van der Waals surface area (Å²) >= 11 is 0. The molecule has 0 unspecified atom stereocenters. The second kappa shape index (κ2) is 5.07. The van der Waals surface area contributed by atoms with Crippen molar-refractivity contribution in [3.8, 4) is 12.3 Å². The van der Waals surface area contributed by atoms with Crippen molar-refractivity contribution < 1.29 is 0 Å². The van der Waals surface area contributed by atoms with Gasteiger partial charge < -0.3 is 4.57 Å². The molecule has 1 rings (SSSR count). The van der Waals surface area contributed by atoms with Crippen LogP contribution in [0.1, 0.15) is 19.3 Å². The van der Waals surface area contributed by atoms with Crippen molar-refractivity contribution in [3.05, 3.63) is 33.1 Å². The van der Waals surface area contributed by atoms with Gasteiger partial charge in [0.2, 0.25) is 0 Å². The number of rotatable bonds is 4. The first-order chi connectivity index (χ1) is 6.74. The van der Waals surface area contributed by atoms with Gasteiger partial charge in [0, 0.05) is 25.2 Å². The lowest BCUT2D eigenvalue weighted by Crippen LogP contribution is -2.28. The first kappa shape index (κ1) is 10.3. The minimum atomic E-state index is -0.366. The average Bonchev–Trinajstić information content (AvgIpc) is 2.15. The van der Waals surface area contributed by atoms with Gasteiger partial charge in [-0.2, -0.15) is 0 Å². The van der Waals surface area contributed by atoms with Gasteiger partial charge in [0.15, 0.2) is 0 Å². The second-order valence-electron chi connectivity index (χ2n) is 2.96. The highest BCUT2D eigenvalue weighted by Crippen LogP contribution is 1.95. The fourth-order valence-electron chi connectivity index (χ4n) is 1.13. The number of nitrogens with one attached hydrogen (secondary N) is 1. The van der Waals surface area contributed by atoms with E-state index in [-0.39, 0.29) is 11.2 Å². The summed E-state index contributed by atoms with van der Waals surface area (Å²) in [7, 11) is 0. The third kappa shape index (κ3) is 2.94. The largest absolute Gasteiger partial charge is 0.328 e. The summed E-state index contributed by atoms with van der Waals surface area (Å²) < 4.78 is 1.47. The van der Waals surface area contributed by atoms with E-state index < -0.39 is 0 Å². The SMILES string of the molecule is C#CCCCCn1ccc(=O)[nH]c1=O. The molecule has 0 aromatic carbocycles. The van der Waals surface area contributed by atoms with Crippen molar-refractivity contribution in [2.75, 3.05) is 0 Å². The molecule has 0 saturated heterocycles. The van der Waals surface area contributed by atoms with Gasteiger partial charge in [-0.15, -0.1) is 12.3 Å². The van der Waals surface area contributed by atoms with Crippen LogP contribution in [0.15, 0.2) is 21.9 Å². The number of hydrogen-bond donors (Lipinski definition) is 1. The van der Waals surface area contributed by atoms with Crippen molar-refractivity contribution in [1.29, 1.82) is 0 Å². The van der Waals surface area contributed by atoms with Crippen LogP contribution in [0.2, 0.25) is 0 Å². The minimum absolute atomic E-state index is 0.363. The summed E-state index contributed by atoms with van der Waals surface area (Å²) in [6, 6.07) is 1.34. The molecule has 4 nitrogen and oxygen atoms in total. The number of hydrogen-bond acceptors (Lipinski definition) is 2. The Kier molecular flexibility index (Phi) is 3.74. The molecule has 0 amide bonds. The van der Waals surface area contributed by atoms with E-state index >= 15 is 0 Å². The third-order valence-corrected chi connectivity index (χ3v) is 1.87. The van der Waals surface area contributed by atoms with E-state index in [0.29, 0.717) is 6.54 Å². The highest BCUT2D eigenvalue weighted by Gasteiger charge is 1.95. The molecule has 0 fully saturated rings. The van der Waals surface area contributed by atoms with E-state index in [0.717, 1.165) is 19.3 Å². The average molecular weight is 192 g/mol. The van der Waals surface area contributed by atoms with Gasteiger partial charge in [0.25, 0.3) is 5.56 Å². The Morgan fingerprint density at radius 2 is 2.21 bits per heavy atom. The summed E-state index contributed by atoms with van der Waals surface area (Å²) in [5.74, 6) is 2.53. The Bertz CT molecular complexity index is 436. The zero-order valence-electron chi connectivity index (χ0n) is 7.82. The number of aryl methyl sites for hydroxylation is 1. The number of aromatic amines is 1. The molecule has 0 aliphatic carbocycles. The van der Waals surface area contributed by atoms with Gasteiger partial charge in [-0.3, -0.25) is 9.78 Å². The molecule has 1 aromatic heterocycles. The third-order valence-electron chi connectivity index (χ3n) is 1.87. The monoisotopic (exact) mass is 192 g/mol. The molecular weight excluding hydrogens is 180 g/mol. The molecule has 4 heteroatoms. The maximum absolute atomic E-state index is 11.2. The smallest absolute Gasteiger partial charge is 0.301 e. The van der Waals surface area contributed by atoms with Crippen LogP contribution in [0.3, 0.4) is 0 Å². The van der Waals surface area contributed by atoms with E-state index in [1.165, 1.54) is 16.8 Å². The minimum Gasteiger partial charge on any atom is -0.301 e. The molecular formula is C10H12N2O2. The number of unbranched alkanes of at least 4 members (excludes halogenated alkanes) is 2. The van der Waals surface area contributed by atoms with Gasteiger partial charge in [-0.1, -0.05) is 0 Å². The number of aromatic nitrogens is 2. The van der Waals surface area contributed by atoms with Crippen molar-refractivity contribution in [1.82, 2.24) is 9.55 Å². The Hall–Kier alpha value is -1.76. The molecule has 0 atom stereocenters. The molecule has 0 bridgehead atoms. The van der Waals surface area contributed by atoms with E-state index in [9.17, 15) is 9.59 Å². The van der Waals surface area contributed by atoms with Crippen LogP contribution in [0.4, 0.5) is 0 Å². The molecule has 0 aliphatic rings. The lowest BCUT2D eigenvalue weighted by atomic mass is 10.2. The number of H-pyrrole nitrogens is 1. The van der Waals surface area contributed by atoms with E-state index in [1.807, 2.05) is 0 Å². The number of terminal acetylenes is 1. The Morgan fingerprint density at radius 3 is 2.86 bits per heavy atom. The second-order valence-corrected chi connectivity index (χ2v) is 2.96. The molecule has 74 valence electrons. The zero-order chi connectivity index (χ0) is 10.4. The quantitative estimate of drug-likeness (QED) is 0.552. The van der Waals surface area contributed by atoms with Gasteiger partial charge in [-0.05, 0) is 12.8 Å². The molecule has 1 N–H and O–H groups in total. The van der Waals surface area contributed by atoms with Crippen LogP contribution in [-0.4, -0.2) is 9.55 Å². The first-order valence-electron chi connectivity index (χ1n) is 4.47. The molecule has 1 aromatic rings. The molecule has 1 heterocycles. The van der Waals surface area contributed by atoms with Crippen molar-refractivity contribution in [3.63, 3.8) is 0 Å². The topological polar surface area (TPSA) is 54.9 Å². The fourth-order valence-corrected chi connectivity index (χ4v) is 1.13. The fraction of sp³-hybridized carbons (Fsp3) is 0.400. The highest BCUT2D eigenvalue weighted by atomic mass is 16.2. The Balaban J connectivity index is 2.56. The normalized spacial score (nSPS) is 9.64. The van der Waals surface area contributed by atoms with Gasteiger partial charge in [0.05, 0.1) is 0 Å². The predicted octanol–water partition coefficient (Wildman–Crippen LogP) is 0.340. The van der Waals surface area contributed by atoms with E-state index in [1.54, 1.807) is 0 Å². The van der Waals surface area contributed by atoms with Gasteiger partial charge in [0.1, 0.15) is 0 Å². The van der Waals surface area contributed by atoms with Crippen LogP contribution in [0.25, 0.3) is 0 Å². The lowest BCUT2D eigenvalue weighted by molar-refractivity contribution is 0.586. The summed E-state index contributed by atoms with van der Waals surface area (Å²) in [5.41, 5.74) is -0.729. The van der Waals surface area contributed by atoms with Gasteiger partial charge >= 0.3 is 5.69 Å². The molecule has 0 aliphatic heterocycles. The standard InChI is InChI=1S/C10H12N2O2/c1-2-3-4-5-7-12-8-6-9(13)11-10(12)14/h1,6,8H,3-5,7H2,(H,11,13,14). The zero-order valence-corrected chi connectivity index (χ0v) is 7.82. The lowest BCUT2D eigenvalue weighted by Gasteiger charge is -2.02. The summed E-state index contributed by atoms with van der Waals surface area (Å²) in [4.78, 5) is 24.1. The maximum Gasteiger partial charge on any atom is 0.328 e. The molecule has 0 saturated carbocycles. The van der Waals surface area contributed by atoms with Crippen LogP contribution in [-0.2, 0) is 6.54 Å².